The van der Waals surface area contributed by atoms with Gasteiger partial charge in [0.25, 0.3) is 0 Å². The minimum absolute atomic E-state index is 0.0268. The molecule has 5 heteroatoms. The molecule has 1 aromatic rings. The first-order valence-corrected chi connectivity index (χ1v) is 6.87. The van der Waals surface area contributed by atoms with Crippen molar-refractivity contribution in [3.63, 3.8) is 0 Å². The van der Waals surface area contributed by atoms with Crippen LogP contribution in [0.15, 0.2) is 24.3 Å². The summed E-state index contributed by atoms with van der Waals surface area (Å²) in [5.41, 5.74) is -1.24. The Labute approximate surface area is 116 Å². The highest BCUT2D eigenvalue weighted by molar-refractivity contribution is 5.29. The SMILES string of the molecule is CCCC1CC(O)(c2ccc(C(F)(F)F)cc2)CCO1. The molecule has 2 unspecified atom stereocenters. The molecule has 1 heterocycles. The zero-order valence-electron chi connectivity index (χ0n) is 11.4. The van der Waals surface area contributed by atoms with Crippen molar-refractivity contribution in [2.75, 3.05) is 6.61 Å². The molecule has 112 valence electrons. The van der Waals surface area contributed by atoms with Crippen LogP contribution < -0.4 is 0 Å². The van der Waals surface area contributed by atoms with E-state index in [1.165, 1.54) is 12.1 Å². The van der Waals surface area contributed by atoms with Gasteiger partial charge in [0.05, 0.1) is 23.9 Å². The van der Waals surface area contributed by atoms with Crippen molar-refractivity contribution >= 4 is 0 Å². The maximum Gasteiger partial charge on any atom is 0.416 e. The summed E-state index contributed by atoms with van der Waals surface area (Å²) in [6.45, 7) is 2.47. The average Bonchev–Trinajstić information content (AvgIpc) is 2.38. The molecular weight excluding hydrogens is 269 g/mol. The van der Waals surface area contributed by atoms with Crippen LogP contribution in [-0.4, -0.2) is 17.8 Å². The van der Waals surface area contributed by atoms with Gasteiger partial charge >= 0.3 is 6.18 Å². The molecule has 1 N–H and O–H groups in total. The summed E-state index contributed by atoms with van der Waals surface area (Å²) in [6.07, 6.45) is -1.72. The molecule has 1 aliphatic heterocycles. The lowest BCUT2D eigenvalue weighted by Crippen LogP contribution is -2.38. The van der Waals surface area contributed by atoms with E-state index in [1.54, 1.807) is 0 Å². The van der Waals surface area contributed by atoms with E-state index in [1.807, 2.05) is 6.92 Å². The standard InChI is InChI=1S/C15H19F3O2/c1-2-3-13-10-14(19,8-9-20-13)11-4-6-12(7-5-11)15(16,17)18/h4-7,13,19H,2-3,8-10H2,1H3. The van der Waals surface area contributed by atoms with E-state index in [9.17, 15) is 18.3 Å². The number of halogens is 3. The predicted molar refractivity (Wildman–Crippen MR) is 69.2 cm³/mol. The third-order valence-electron chi connectivity index (χ3n) is 3.79. The number of hydrogen-bond donors (Lipinski definition) is 1. The van der Waals surface area contributed by atoms with Crippen LogP contribution in [0.5, 0.6) is 0 Å². The topological polar surface area (TPSA) is 29.5 Å². The maximum atomic E-state index is 12.5. The van der Waals surface area contributed by atoms with E-state index < -0.39 is 17.3 Å². The van der Waals surface area contributed by atoms with Gasteiger partial charge in [0.15, 0.2) is 0 Å². The van der Waals surface area contributed by atoms with E-state index >= 15 is 0 Å². The van der Waals surface area contributed by atoms with Crippen LogP contribution in [-0.2, 0) is 16.5 Å². The number of aliphatic hydroxyl groups is 1. The molecule has 1 aromatic carbocycles. The van der Waals surface area contributed by atoms with Gasteiger partial charge in [-0.25, -0.2) is 0 Å². The molecule has 0 saturated carbocycles. The lowest BCUT2D eigenvalue weighted by molar-refractivity contribution is -0.137. The molecule has 2 atom stereocenters. The molecule has 0 aromatic heterocycles. The third-order valence-corrected chi connectivity index (χ3v) is 3.79. The lowest BCUT2D eigenvalue weighted by atomic mass is 9.82. The van der Waals surface area contributed by atoms with Crippen molar-refractivity contribution in [3.8, 4) is 0 Å². The molecule has 2 nitrogen and oxygen atoms in total. The summed E-state index contributed by atoms with van der Waals surface area (Å²) in [7, 11) is 0. The van der Waals surface area contributed by atoms with Crippen LogP contribution >= 0.6 is 0 Å². The first kappa shape index (κ1) is 15.3. The van der Waals surface area contributed by atoms with Gasteiger partial charge in [0, 0.05) is 12.8 Å². The minimum atomic E-state index is -4.35. The lowest BCUT2D eigenvalue weighted by Gasteiger charge is -2.37. The average molecular weight is 288 g/mol. The zero-order chi connectivity index (χ0) is 14.8. The Morgan fingerprint density at radius 2 is 1.95 bits per heavy atom. The highest BCUT2D eigenvalue weighted by Crippen LogP contribution is 2.37. The quantitative estimate of drug-likeness (QED) is 0.915. The molecule has 1 fully saturated rings. The first-order chi connectivity index (χ1) is 9.35. The maximum absolute atomic E-state index is 12.5. The van der Waals surface area contributed by atoms with Crippen molar-refractivity contribution in [1.82, 2.24) is 0 Å². The largest absolute Gasteiger partial charge is 0.416 e. The predicted octanol–water partition coefficient (Wildman–Crippen LogP) is 3.87. The normalized spacial score (nSPS) is 27.6. The van der Waals surface area contributed by atoms with Gasteiger partial charge in [0.1, 0.15) is 0 Å². The van der Waals surface area contributed by atoms with Gasteiger partial charge in [-0.05, 0) is 24.1 Å². The van der Waals surface area contributed by atoms with Crippen LogP contribution in [0.1, 0.15) is 43.7 Å². The van der Waals surface area contributed by atoms with Crippen LogP contribution in [0, 0.1) is 0 Å². The molecule has 0 radical (unpaired) electrons. The van der Waals surface area contributed by atoms with Gasteiger partial charge in [-0.2, -0.15) is 13.2 Å². The second-order valence-electron chi connectivity index (χ2n) is 5.34. The minimum Gasteiger partial charge on any atom is -0.385 e. The highest BCUT2D eigenvalue weighted by Gasteiger charge is 2.37. The molecule has 20 heavy (non-hydrogen) atoms. The molecule has 1 aliphatic rings. The van der Waals surface area contributed by atoms with Gasteiger partial charge < -0.3 is 9.84 Å². The second-order valence-corrected chi connectivity index (χ2v) is 5.34. The van der Waals surface area contributed by atoms with E-state index in [-0.39, 0.29) is 6.10 Å². The Kier molecular flexibility index (Phi) is 4.39. The van der Waals surface area contributed by atoms with Crippen LogP contribution in [0.4, 0.5) is 13.2 Å². The number of ether oxygens (including phenoxy) is 1. The van der Waals surface area contributed by atoms with Gasteiger partial charge in [-0.1, -0.05) is 25.5 Å². The fourth-order valence-corrected chi connectivity index (χ4v) is 2.67. The number of hydrogen-bond acceptors (Lipinski definition) is 2. The summed E-state index contributed by atoms with van der Waals surface area (Å²) in [4.78, 5) is 0. The zero-order valence-corrected chi connectivity index (χ0v) is 11.4. The Balaban J connectivity index is 2.17. The summed E-state index contributed by atoms with van der Waals surface area (Å²) in [6, 6.07) is 4.80. The van der Waals surface area contributed by atoms with Crippen LogP contribution in [0.2, 0.25) is 0 Å². The fraction of sp³-hybridized carbons (Fsp3) is 0.600. The molecular formula is C15H19F3O2. The Morgan fingerprint density at radius 1 is 1.30 bits per heavy atom. The molecule has 0 bridgehead atoms. The molecule has 0 amide bonds. The molecule has 0 spiro atoms. The van der Waals surface area contributed by atoms with Crippen molar-refractivity contribution in [3.05, 3.63) is 35.4 Å². The summed E-state index contributed by atoms with van der Waals surface area (Å²) < 4.78 is 43.2. The van der Waals surface area contributed by atoms with E-state index in [0.29, 0.717) is 25.0 Å². The molecule has 2 rings (SSSR count). The first-order valence-electron chi connectivity index (χ1n) is 6.87. The Morgan fingerprint density at radius 3 is 2.50 bits per heavy atom. The van der Waals surface area contributed by atoms with Crippen molar-refractivity contribution in [2.24, 2.45) is 0 Å². The highest BCUT2D eigenvalue weighted by atomic mass is 19.4. The van der Waals surface area contributed by atoms with Crippen molar-refractivity contribution in [2.45, 2.75) is 50.5 Å². The fourth-order valence-electron chi connectivity index (χ4n) is 2.67. The van der Waals surface area contributed by atoms with Gasteiger partial charge in [-0.15, -0.1) is 0 Å². The smallest absolute Gasteiger partial charge is 0.385 e. The van der Waals surface area contributed by atoms with Crippen molar-refractivity contribution < 1.29 is 23.0 Å². The van der Waals surface area contributed by atoms with Gasteiger partial charge in [0.2, 0.25) is 0 Å². The number of alkyl halides is 3. The summed E-state index contributed by atoms with van der Waals surface area (Å²) >= 11 is 0. The van der Waals surface area contributed by atoms with Crippen LogP contribution in [0.25, 0.3) is 0 Å². The second kappa shape index (κ2) is 5.74. The Hall–Kier alpha value is -1.07. The third kappa shape index (κ3) is 3.33. The number of rotatable bonds is 3. The van der Waals surface area contributed by atoms with E-state index in [0.717, 1.165) is 25.0 Å². The van der Waals surface area contributed by atoms with E-state index in [4.69, 9.17) is 4.74 Å². The Bertz CT molecular complexity index is 439. The van der Waals surface area contributed by atoms with E-state index in [2.05, 4.69) is 0 Å². The molecule has 0 aliphatic carbocycles. The number of benzene rings is 1. The van der Waals surface area contributed by atoms with Crippen LogP contribution in [0.3, 0.4) is 0 Å². The summed E-state index contributed by atoms with van der Waals surface area (Å²) in [5, 5.41) is 10.7. The molecule has 1 saturated heterocycles. The van der Waals surface area contributed by atoms with Crippen molar-refractivity contribution in [1.29, 1.82) is 0 Å². The summed E-state index contributed by atoms with van der Waals surface area (Å²) in [5.74, 6) is 0. The monoisotopic (exact) mass is 288 g/mol. The van der Waals surface area contributed by atoms with Gasteiger partial charge in [-0.3, -0.25) is 0 Å².